The van der Waals surface area contributed by atoms with Crippen LogP contribution in [0.5, 0.6) is 0 Å². The summed E-state index contributed by atoms with van der Waals surface area (Å²) < 4.78 is 58.0. The van der Waals surface area contributed by atoms with Crippen molar-refractivity contribution in [1.29, 1.82) is 0 Å². The second-order valence-corrected chi connectivity index (χ2v) is 12.0. The van der Waals surface area contributed by atoms with Crippen LogP contribution in [-0.4, -0.2) is 131 Å². The third-order valence-electron chi connectivity index (χ3n) is 6.73. The second-order valence-electron chi connectivity index (χ2n) is 10.9. The molecular formula is C29H39N3O17S. The number of aromatic nitrogens is 3. The monoisotopic (exact) mass is 733 g/mol. The van der Waals surface area contributed by atoms with Crippen LogP contribution >= 0.6 is 11.8 Å². The van der Waals surface area contributed by atoms with Gasteiger partial charge in [0.25, 0.3) is 0 Å². The SMILES string of the molecule is CC(=O)OC[C@H]1O[C@@H](O[C@H]2[C@H](OC(C)=O)[C@@H](OC(C)=O)[C@H](SCn3ccnn3)O[C@@H]2COC(C)=O)[C@H](OC(C)=O)[C@@H](OC(C)=O)[C@H]1OC(C)=O. The van der Waals surface area contributed by atoms with Gasteiger partial charge in [-0.15, -0.1) is 16.9 Å². The Kier molecular flexibility index (Phi) is 14.9. The summed E-state index contributed by atoms with van der Waals surface area (Å²) in [5.41, 5.74) is -1.08. The molecule has 50 heavy (non-hydrogen) atoms. The molecule has 0 radical (unpaired) electrons. The second kappa shape index (κ2) is 18.6. The summed E-state index contributed by atoms with van der Waals surface area (Å²) in [6, 6.07) is 0. The van der Waals surface area contributed by atoms with Crippen molar-refractivity contribution in [3.63, 3.8) is 0 Å². The highest BCUT2D eigenvalue weighted by atomic mass is 32.2. The summed E-state index contributed by atoms with van der Waals surface area (Å²) in [5.74, 6) is -5.58. The molecule has 1 aromatic heterocycles. The summed E-state index contributed by atoms with van der Waals surface area (Å²) in [4.78, 5) is 85.3. The minimum absolute atomic E-state index is 0.126. The standard InChI is InChI=1S/C29H39N3O17S/c1-13(33)40-10-20-22(42-15(3)35)24(43-16(4)36)26(45-18(6)38)28(47-20)49-23-21(11-41-14(2)34)48-29(50-12-32-9-8-30-31-32)27(46-19(7)39)25(23)44-17(5)37/h8-9,20-29H,10-12H2,1-7H3/t20-,21-,22+,23-,24+,25+,26-,27-,28+,29+/m1/s1. The van der Waals surface area contributed by atoms with Gasteiger partial charge < -0.3 is 47.4 Å². The predicted octanol–water partition coefficient (Wildman–Crippen LogP) is -0.411. The number of thioether (sulfide) groups is 1. The normalized spacial score (nSPS) is 29.1. The molecule has 0 unspecified atom stereocenters. The molecule has 0 N–H and O–H groups in total. The van der Waals surface area contributed by atoms with E-state index in [0.29, 0.717) is 0 Å². The first-order chi connectivity index (χ1) is 23.5. The van der Waals surface area contributed by atoms with Crippen molar-refractivity contribution in [3.05, 3.63) is 12.4 Å². The fraction of sp³-hybridized carbons (Fsp3) is 0.690. The van der Waals surface area contributed by atoms with Gasteiger partial charge in [0.1, 0.15) is 37.0 Å². The van der Waals surface area contributed by atoms with Gasteiger partial charge in [-0.05, 0) is 0 Å². The molecule has 0 saturated carbocycles. The van der Waals surface area contributed by atoms with E-state index in [-0.39, 0.29) is 5.88 Å². The molecule has 2 aliphatic rings. The van der Waals surface area contributed by atoms with Gasteiger partial charge in [0.05, 0.1) is 12.1 Å². The van der Waals surface area contributed by atoms with E-state index in [2.05, 4.69) is 10.3 Å². The van der Waals surface area contributed by atoms with Gasteiger partial charge >= 0.3 is 41.8 Å². The van der Waals surface area contributed by atoms with Crippen LogP contribution in [0.2, 0.25) is 0 Å². The van der Waals surface area contributed by atoms with Crippen LogP contribution in [-0.2, 0) is 86.8 Å². The lowest BCUT2D eigenvalue weighted by atomic mass is 9.96. The minimum Gasteiger partial charge on any atom is -0.463 e. The van der Waals surface area contributed by atoms with Crippen LogP contribution in [0.15, 0.2) is 12.4 Å². The zero-order valence-corrected chi connectivity index (χ0v) is 29.1. The average molecular weight is 734 g/mol. The number of esters is 7. The number of rotatable bonds is 14. The molecule has 278 valence electrons. The minimum atomic E-state index is -1.76. The Morgan fingerprint density at radius 3 is 1.54 bits per heavy atom. The lowest BCUT2D eigenvalue weighted by Crippen LogP contribution is -2.66. The van der Waals surface area contributed by atoms with Gasteiger partial charge in [-0.25, -0.2) is 4.68 Å². The fourth-order valence-electron chi connectivity index (χ4n) is 5.06. The number of ether oxygens (including phenoxy) is 10. The van der Waals surface area contributed by atoms with E-state index < -0.39 is 116 Å². The number of nitrogens with zero attached hydrogens (tertiary/aromatic N) is 3. The maximum atomic E-state index is 12.5. The van der Waals surface area contributed by atoms with Crippen LogP contribution in [0.25, 0.3) is 0 Å². The van der Waals surface area contributed by atoms with Crippen LogP contribution in [0.1, 0.15) is 48.5 Å². The molecule has 3 rings (SSSR count). The largest absolute Gasteiger partial charge is 0.463 e. The van der Waals surface area contributed by atoms with E-state index in [1.54, 1.807) is 6.20 Å². The Labute approximate surface area is 289 Å². The van der Waals surface area contributed by atoms with Crippen LogP contribution < -0.4 is 0 Å². The zero-order chi connectivity index (χ0) is 37.1. The highest BCUT2D eigenvalue weighted by Crippen LogP contribution is 2.38. The van der Waals surface area contributed by atoms with E-state index in [1.165, 1.54) is 10.9 Å². The molecule has 0 aromatic carbocycles. The van der Waals surface area contributed by atoms with E-state index in [0.717, 1.165) is 60.2 Å². The van der Waals surface area contributed by atoms with Gasteiger partial charge in [0.15, 0.2) is 36.8 Å². The van der Waals surface area contributed by atoms with Crippen molar-refractivity contribution in [1.82, 2.24) is 15.0 Å². The van der Waals surface area contributed by atoms with Crippen molar-refractivity contribution in [2.24, 2.45) is 0 Å². The van der Waals surface area contributed by atoms with Gasteiger partial charge in [-0.2, -0.15) is 0 Å². The Bertz CT molecular complexity index is 1380. The summed E-state index contributed by atoms with van der Waals surface area (Å²) in [6.07, 6.45) is -10.6. The molecule has 20 nitrogen and oxygen atoms in total. The van der Waals surface area contributed by atoms with Crippen molar-refractivity contribution in [2.75, 3.05) is 13.2 Å². The van der Waals surface area contributed by atoms with Crippen molar-refractivity contribution in [2.45, 2.75) is 115 Å². The first-order valence-electron chi connectivity index (χ1n) is 15.1. The van der Waals surface area contributed by atoms with Gasteiger partial charge in [0.2, 0.25) is 0 Å². The topological polar surface area (TPSA) is 242 Å². The van der Waals surface area contributed by atoms with Gasteiger partial charge in [0, 0.05) is 54.7 Å². The van der Waals surface area contributed by atoms with Crippen molar-refractivity contribution in [3.8, 4) is 0 Å². The van der Waals surface area contributed by atoms with Crippen molar-refractivity contribution >= 4 is 53.5 Å². The summed E-state index contributed by atoms with van der Waals surface area (Å²) in [5, 5.41) is 7.63. The highest BCUT2D eigenvalue weighted by Gasteiger charge is 2.57. The molecule has 0 aliphatic carbocycles. The smallest absolute Gasteiger partial charge is 0.303 e. The quantitative estimate of drug-likeness (QED) is 0.174. The molecule has 2 aliphatic heterocycles. The summed E-state index contributed by atoms with van der Waals surface area (Å²) in [6.45, 7) is 6.55. The number of carbonyl (C=O) groups is 7. The van der Waals surface area contributed by atoms with Crippen LogP contribution in [0, 0.1) is 0 Å². The van der Waals surface area contributed by atoms with E-state index >= 15 is 0 Å². The zero-order valence-electron chi connectivity index (χ0n) is 28.2. The van der Waals surface area contributed by atoms with Crippen LogP contribution in [0.4, 0.5) is 0 Å². The van der Waals surface area contributed by atoms with Crippen molar-refractivity contribution < 1.29 is 80.9 Å². The third kappa shape index (κ3) is 11.9. The lowest BCUT2D eigenvalue weighted by molar-refractivity contribution is -0.341. The molecule has 21 heteroatoms. The van der Waals surface area contributed by atoms with Gasteiger partial charge in [-0.1, -0.05) is 5.21 Å². The summed E-state index contributed by atoms with van der Waals surface area (Å²) in [7, 11) is 0. The third-order valence-corrected chi connectivity index (χ3v) is 7.85. The first kappa shape index (κ1) is 40.1. The first-order valence-corrected chi connectivity index (χ1v) is 16.2. The molecular weight excluding hydrogens is 694 g/mol. The molecule has 0 bridgehead atoms. The number of hydrogen-bond acceptors (Lipinski definition) is 20. The van der Waals surface area contributed by atoms with Crippen LogP contribution in [0.3, 0.4) is 0 Å². The van der Waals surface area contributed by atoms with E-state index in [9.17, 15) is 33.6 Å². The maximum absolute atomic E-state index is 12.5. The highest BCUT2D eigenvalue weighted by molar-refractivity contribution is 7.98. The number of carbonyl (C=O) groups excluding carboxylic acids is 7. The molecule has 0 amide bonds. The van der Waals surface area contributed by atoms with E-state index in [1.807, 2.05) is 0 Å². The molecule has 0 spiro atoms. The molecule has 10 atom stereocenters. The number of hydrogen-bond donors (Lipinski definition) is 0. The molecule has 2 saturated heterocycles. The Hall–Kier alpha value is -4.34. The summed E-state index contributed by atoms with van der Waals surface area (Å²) >= 11 is 1.07. The Morgan fingerprint density at radius 1 is 0.600 bits per heavy atom. The average Bonchev–Trinajstić information content (AvgIpc) is 3.52. The van der Waals surface area contributed by atoms with E-state index in [4.69, 9.17) is 47.4 Å². The predicted molar refractivity (Wildman–Crippen MR) is 161 cm³/mol. The Morgan fingerprint density at radius 2 is 1.06 bits per heavy atom. The maximum Gasteiger partial charge on any atom is 0.303 e. The van der Waals surface area contributed by atoms with Gasteiger partial charge in [-0.3, -0.25) is 33.6 Å². The molecule has 1 aromatic rings. The fourth-order valence-corrected chi connectivity index (χ4v) is 6.12. The Balaban J connectivity index is 2.13. The lowest BCUT2D eigenvalue weighted by Gasteiger charge is -2.48. The molecule has 2 fully saturated rings. The molecule has 3 heterocycles.